The molecule has 2 amide bonds. The summed E-state index contributed by atoms with van der Waals surface area (Å²) in [6.45, 7) is 2.60. The molecule has 6 nitrogen and oxygen atoms in total. The lowest BCUT2D eigenvalue weighted by Crippen LogP contribution is -2.34. The highest BCUT2D eigenvalue weighted by molar-refractivity contribution is 7.80. The molecule has 0 aliphatic heterocycles. The Hall–Kier alpha value is -3.71. The van der Waals surface area contributed by atoms with Gasteiger partial charge in [0.25, 0.3) is 5.91 Å². The number of thiocarbonyl (C=S) groups is 1. The maximum absolute atomic E-state index is 12.5. The number of carbonyl (C=O) groups excluding carboxylic acids is 2. The van der Waals surface area contributed by atoms with Gasteiger partial charge in [0, 0.05) is 16.9 Å². The van der Waals surface area contributed by atoms with Crippen LogP contribution in [0.4, 0.5) is 11.4 Å². The number of ether oxygens (including phenoxy) is 1. The van der Waals surface area contributed by atoms with Gasteiger partial charge in [-0.2, -0.15) is 0 Å². The quantitative estimate of drug-likeness (QED) is 0.433. The van der Waals surface area contributed by atoms with E-state index in [2.05, 4.69) is 16.0 Å². The van der Waals surface area contributed by atoms with Crippen molar-refractivity contribution in [3.63, 3.8) is 0 Å². The lowest BCUT2D eigenvalue weighted by molar-refractivity contribution is -0.115. The number of benzene rings is 3. The minimum absolute atomic E-state index is 0.116. The van der Waals surface area contributed by atoms with Gasteiger partial charge in [0.1, 0.15) is 5.75 Å². The summed E-state index contributed by atoms with van der Waals surface area (Å²) in [7, 11) is 0. The Morgan fingerprint density at radius 3 is 2.34 bits per heavy atom. The first-order valence-electron chi connectivity index (χ1n) is 10.3. The average Bonchev–Trinajstić information content (AvgIpc) is 2.78. The molecule has 3 N–H and O–H groups in total. The number of hydrogen-bond acceptors (Lipinski definition) is 4. The molecule has 0 bridgehead atoms. The minimum Gasteiger partial charge on any atom is -0.494 e. The van der Waals surface area contributed by atoms with Crippen LogP contribution in [0.25, 0.3) is 0 Å². The molecular weight excluding hydrogens is 422 g/mol. The van der Waals surface area contributed by atoms with Gasteiger partial charge in [0.05, 0.1) is 13.0 Å². The van der Waals surface area contributed by atoms with Crippen LogP contribution in [0.1, 0.15) is 29.3 Å². The topological polar surface area (TPSA) is 79.5 Å². The first kappa shape index (κ1) is 23.0. The normalized spacial score (nSPS) is 10.2. The molecule has 164 valence electrons. The van der Waals surface area contributed by atoms with Crippen LogP contribution in [0, 0.1) is 0 Å². The maximum atomic E-state index is 12.5. The van der Waals surface area contributed by atoms with Crippen LogP contribution in [0.5, 0.6) is 5.75 Å². The Kier molecular flexibility index (Phi) is 8.34. The highest BCUT2D eigenvalue weighted by Gasteiger charge is 2.10. The van der Waals surface area contributed by atoms with Crippen molar-refractivity contribution in [1.29, 1.82) is 0 Å². The van der Waals surface area contributed by atoms with Crippen molar-refractivity contribution < 1.29 is 14.3 Å². The maximum Gasteiger partial charge on any atom is 0.257 e. The minimum atomic E-state index is -0.336. The van der Waals surface area contributed by atoms with Crippen molar-refractivity contribution in [3.05, 3.63) is 90.0 Å². The van der Waals surface area contributed by atoms with E-state index in [-0.39, 0.29) is 23.3 Å². The summed E-state index contributed by atoms with van der Waals surface area (Å²) in [4.78, 5) is 24.8. The van der Waals surface area contributed by atoms with Gasteiger partial charge in [-0.25, -0.2) is 0 Å². The SMILES string of the molecule is CCCOc1cccc(C(=O)NC(=S)Nc2cccc(NC(=O)Cc3ccccc3)c2)c1. The van der Waals surface area contributed by atoms with E-state index in [4.69, 9.17) is 17.0 Å². The zero-order valence-electron chi connectivity index (χ0n) is 17.8. The van der Waals surface area contributed by atoms with Gasteiger partial charge in [-0.1, -0.05) is 49.4 Å². The highest BCUT2D eigenvalue weighted by Crippen LogP contribution is 2.16. The Morgan fingerprint density at radius 2 is 1.59 bits per heavy atom. The molecule has 0 aliphatic rings. The summed E-state index contributed by atoms with van der Waals surface area (Å²) >= 11 is 5.27. The van der Waals surface area contributed by atoms with Crippen molar-refractivity contribution >= 4 is 40.5 Å². The third-order valence-electron chi connectivity index (χ3n) is 4.41. The van der Waals surface area contributed by atoms with Gasteiger partial charge in [0.15, 0.2) is 5.11 Å². The Bertz CT molecular complexity index is 1090. The van der Waals surface area contributed by atoms with E-state index >= 15 is 0 Å². The smallest absolute Gasteiger partial charge is 0.257 e. The molecule has 0 spiro atoms. The molecule has 0 aromatic heterocycles. The molecule has 32 heavy (non-hydrogen) atoms. The Balaban J connectivity index is 1.55. The van der Waals surface area contributed by atoms with E-state index in [9.17, 15) is 9.59 Å². The summed E-state index contributed by atoms with van der Waals surface area (Å²) in [6.07, 6.45) is 1.17. The third kappa shape index (κ3) is 7.21. The van der Waals surface area contributed by atoms with E-state index in [1.165, 1.54) is 0 Å². The number of carbonyl (C=O) groups is 2. The number of anilines is 2. The molecule has 0 saturated carbocycles. The molecule has 3 aromatic rings. The Labute approximate surface area is 193 Å². The monoisotopic (exact) mass is 447 g/mol. The number of hydrogen-bond donors (Lipinski definition) is 3. The van der Waals surface area contributed by atoms with Crippen LogP contribution in [-0.2, 0) is 11.2 Å². The summed E-state index contributed by atoms with van der Waals surface area (Å²) in [5, 5.41) is 8.66. The average molecular weight is 448 g/mol. The number of nitrogens with one attached hydrogen (secondary N) is 3. The molecule has 0 radical (unpaired) electrons. The molecule has 0 saturated heterocycles. The second-order valence-corrected chi connectivity index (χ2v) is 7.48. The molecule has 0 fully saturated rings. The molecular formula is C25H25N3O3S. The zero-order valence-corrected chi connectivity index (χ0v) is 18.6. The molecule has 0 unspecified atom stereocenters. The summed E-state index contributed by atoms with van der Waals surface area (Å²) in [6, 6.07) is 23.6. The summed E-state index contributed by atoms with van der Waals surface area (Å²) < 4.78 is 5.57. The van der Waals surface area contributed by atoms with Crippen LogP contribution in [0.3, 0.4) is 0 Å². The van der Waals surface area contributed by atoms with E-state index < -0.39 is 0 Å². The van der Waals surface area contributed by atoms with Crippen LogP contribution in [0.2, 0.25) is 0 Å². The standard InChI is InChI=1S/C25H25N3O3S/c1-2-14-31-22-13-6-10-19(16-22)24(30)28-25(32)27-21-12-7-11-20(17-21)26-23(29)15-18-8-4-3-5-9-18/h3-13,16-17H,2,14-15H2,1H3,(H,26,29)(H2,27,28,30,32). The largest absolute Gasteiger partial charge is 0.494 e. The second-order valence-electron chi connectivity index (χ2n) is 7.08. The second kappa shape index (κ2) is 11.6. The van der Waals surface area contributed by atoms with Crippen molar-refractivity contribution in [3.8, 4) is 5.75 Å². The van der Waals surface area contributed by atoms with Crippen LogP contribution in [0.15, 0.2) is 78.9 Å². The van der Waals surface area contributed by atoms with Crippen molar-refractivity contribution in [2.45, 2.75) is 19.8 Å². The summed E-state index contributed by atoms with van der Waals surface area (Å²) in [5.41, 5.74) is 2.66. The fourth-order valence-corrected chi connectivity index (χ4v) is 3.16. The Morgan fingerprint density at radius 1 is 0.875 bits per heavy atom. The van der Waals surface area contributed by atoms with Gasteiger partial charge in [-0.05, 0) is 60.6 Å². The van der Waals surface area contributed by atoms with Gasteiger partial charge in [-0.3, -0.25) is 14.9 Å². The number of amides is 2. The molecule has 7 heteroatoms. The lowest BCUT2D eigenvalue weighted by Gasteiger charge is -2.12. The van der Waals surface area contributed by atoms with E-state index in [1.807, 2.05) is 37.3 Å². The van der Waals surface area contributed by atoms with Gasteiger partial charge in [0.2, 0.25) is 5.91 Å². The first-order chi connectivity index (χ1) is 15.5. The van der Waals surface area contributed by atoms with Gasteiger partial charge >= 0.3 is 0 Å². The third-order valence-corrected chi connectivity index (χ3v) is 4.61. The summed E-state index contributed by atoms with van der Waals surface area (Å²) in [5.74, 6) is 0.184. The zero-order chi connectivity index (χ0) is 22.8. The molecule has 3 rings (SSSR count). The van der Waals surface area contributed by atoms with Gasteiger partial charge in [-0.15, -0.1) is 0 Å². The van der Waals surface area contributed by atoms with Crippen LogP contribution in [-0.4, -0.2) is 23.5 Å². The fraction of sp³-hybridized carbons (Fsp3) is 0.160. The molecule has 0 aliphatic carbocycles. The predicted molar refractivity (Wildman–Crippen MR) is 131 cm³/mol. The van der Waals surface area contributed by atoms with E-state index in [0.29, 0.717) is 29.3 Å². The molecule has 3 aromatic carbocycles. The fourth-order valence-electron chi connectivity index (χ4n) is 2.95. The molecule has 0 atom stereocenters. The van der Waals surface area contributed by atoms with Crippen molar-refractivity contribution in [1.82, 2.24) is 5.32 Å². The van der Waals surface area contributed by atoms with Gasteiger partial charge < -0.3 is 15.4 Å². The van der Waals surface area contributed by atoms with E-state index in [0.717, 1.165) is 12.0 Å². The van der Waals surface area contributed by atoms with Crippen LogP contribution >= 0.6 is 12.2 Å². The lowest BCUT2D eigenvalue weighted by atomic mass is 10.1. The van der Waals surface area contributed by atoms with Crippen molar-refractivity contribution in [2.75, 3.05) is 17.2 Å². The first-order valence-corrected chi connectivity index (χ1v) is 10.7. The van der Waals surface area contributed by atoms with Crippen molar-refractivity contribution in [2.24, 2.45) is 0 Å². The van der Waals surface area contributed by atoms with E-state index in [1.54, 1.807) is 48.5 Å². The molecule has 0 heterocycles. The highest BCUT2D eigenvalue weighted by atomic mass is 32.1. The van der Waals surface area contributed by atoms with Crippen LogP contribution < -0.4 is 20.7 Å². The predicted octanol–water partition coefficient (Wildman–Crippen LogP) is 4.78. The number of rotatable bonds is 8.